The number of ether oxygens (including phenoxy) is 1. The Morgan fingerprint density at radius 2 is 2.25 bits per heavy atom. The maximum Gasteiger partial charge on any atom is 0.0967 e. The molecule has 0 aromatic carbocycles. The minimum Gasteiger partial charge on any atom is -0.369 e. The van der Waals surface area contributed by atoms with Crippen LogP contribution in [-0.4, -0.2) is 19.7 Å². The molecule has 1 fully saturated rings. The quantitative estimate of drug-likeness (QED) is 0.771. The monoisotopic (exact) mass is 257 g/mol. The van der Waals surface area contributed by atoms with Crippen LogP contribution in [0, 0.1) is 0 Å². The summed E-state index contributed by atoms with van der Waals surface area (Å²) in [5, 5.41) is 3.40. The van der Waals surface area contributed by atoms with Gasteiger partial charge in [0, 0.05) is 10.8 Å². The van der Waals surface area contributed by atoms with E-state index in [4.69, 9.17) is 16.3 Å². The van der Waals surface area contributed by atoms with Gasteiger partial charge in [0.15, 0.2) is 0 Å². The first-order chi connectivity index (χ1) is 7.71. The normalized spacial score (nSPS) is 28.0. The van der Waals surface area contributed by atoms with Crippen LogP contribution in [0.1, 0.15) is 36.1 Å². The van der Waals surface area contributed by atoms with Gasteiger partial charge in [-0.05, 0) is 37.6 Å². The van der Waals surface area contributed by atoms with E-state index in [0.29, 0.717) is 5.92 Å². The van der Waals surface area contributed by atoms with Gasteiger partial charge in [0.25, 0.3) is 0 Å². The van der Waals surface area contributed by atoms with Gasteiger partial charge in [0.2, 0.25) is 0 Å². The van der Waals surface area contributed by atoms with E-state index in [1.165, 1.54) is 10.4 Å². The van der Waals surface area contributed by atoms with Crippen molar-refractivity contribution in [3.8, 4) is 0 Å². The van der Waals surface area contributed by atoms with Crippen molar-refractivity contribution in [2.24, 2.45) is 0 Å². The maximum atomic E-state index is 6.17. The summed E-state index contributed by atoms with van der Waals surface area (Å²) < 4.78 is 7.07. The van der Waals surface area contributed by atoms with Crippen molar-refractivity contribution in [3.05, 3.63) is 20.8 Å². The van der Waals surface area contributed by atoms with E-state index in [-0.39, 0.29) is 5.60 Å². The van der Waals surface area contributed by atoms with Crippen LogP contribution < -0.4 is 5.32 Å². The van der Waals surface area contributed by atoms with Gasteiger partial charge in [0.1, 0.15) is 0 Å². The van der Waals surface area contributed by atoms with Gasteiger partial charge in [-0.25, -0.2) is 0 Å². The fourth-order valence-corrected chi connectivity index (χ4v) is 4.15. The highest BCUT2D eigenvalue weighted by molar-refractivity contribution is 7.16. The lowest BCUT2D eigenvalue weighted by Gasteiger charge is -2.42. The molecular weight excluding hydrogens is 242 g/mol. The number of hydrogen-bond donors (Lipinski definition) is 1. The van der Waals surface area contributed by atoms with Crippen molar-refractivity contribution in [1.82, 2.24) is 5.32 Å². The largest absolute Gasteiger partial charge is 0.369 e. The molecule has 1 N–H and O–H groups in total. The highest BCUT2D eigenvalue weighted by Crippen LogP contribution is 2.48. The molecule has 3 rings (SSSR count). The van der Waals surface area contributed by atoms with Crippen molar-refractivity contribution in [1.29, 1.82) is 0 Å². The summed E-state index contributed by atoms with van der Waals surface area (Å²) in [5.41, 5.74) is 1.32. The summed E-state index contributed by atoms with van der Waals surface area (Å²) >= 11 is 7.90. The topological polar surface area (TPSA) is 21.3 Å². The van der Waals surface area contributed by atoms with Gasteiger partial charge in [-0.2, -0.15) is 0 Å². The minimum atomic E-state index is -0.0449. The van der Waals surface area contributed by atoms with Crippen molar-refractivity contribution in [2.75, 3.05) is 19.7 Å². The highest BCUT2D eigenvalue weighted by atomic mass is 35.5. The highest BCUT2D eigenvalue weighted by Gasteiger charge is 2.42. The molecule has 88 valence electrons. The van der Waals surface area contributed by atoms with Gasteiger partial charge >= 0.3 is 0 Å². The van der Waals surface area contributed by atoms with E-state index >= 15 is 0 Å². The second kappa shape index (κ2) is 3.98. The molecule has 3 heterocycles. The Hall–Kier alpha value is -0.0900. The van der Waals surface area contributed by atoms with Crippen molar-refractivity contribution >= 4 is 22.9 Å². The molecule has 1 aromatic rings. The van der Waals surface area contributed by atoms with Crippen LogP contribution in [0.4, 0.5) is 0 Å². The Morgan fingerprint density at radius 3 is 3.00 bits per heavy atom. The summed E-state index contributed by atoms with van der Waals surface area (Å²) in [5.74, 6) is 0.494. The Bertz CT molecular complexity index is 398. The molecule has 0 bridgehead atoms. The fraction of sp³-hybridized carbons (Fsp3) is 0.667. The Morgan fingerprint density at radius 1 is 1.50 bits per heavy atom. The molecule has 1 aromatic heterocycles. The zero-order valence-electron chi connectivity index (χ0n) is 9.38. The molecule has 1 atom stereocenters. The van der Waals surface area contributed by atoms with Gasteiger partial charge in [0.05, 0.1) is 16.5 Å². The molecule has 0 saturated carbocycles. The third-order valence-electron chi connectivity index (χ3n) is 3.69. The van der Waals surface area contributed by atoms with Crippen LogP contribution in [0.15, 0.2) is 6.07 Å². The number of rotatable bonds is 0. The molecule has 0 aliphatic carbocycles. The minimum absolute atomic E-state index is 0.0449. The third kappa shape index (κ3) is 1.61. The lowest BCUT2D eigenvalue weighted by Crippen LogP contribution is -2.44. The first kappa shape index (κ1) is 11.0. The summed E-state index contributed by atoms with van der Waals surface area (Å²) in [6.45, 7) is 5.14. The van der Waals surface area contributed by atoms with Crippen LogP contribution in [0.5, 0.6) is 0 Å². The lowest BCUT2D eigenvalue weighted by atomic mass is 9.81. The Kier molecular flexibility index (Phi) is 2.75. The molecule has 0 amide bonds. The molecule has 16 heavy (non-hydrogen) atoms. The smallest absolute Gasteiger partial charge is 0.0967 e. The van der Waals surface area contributed by atoms with Crippen LogP contribution in [0.2, 0.25) is 4.34 Å². The summed E-state index contributed by atoms with van der Waals surface area (Å²) in [6, 6.07) is 2.13. The van der Waals surface area contributed by atoms with Crippen LogP contribution in [-0.2, 0) is 10.3 Å². The van der Waals surface area contributed by atoms with E-state index in [2.05, 4.69) is 18.3 Å². The average Bonchev–Trinajstić information content (AvgIpc) is 2.69. The van der Waals surface area contributed by atoms with E-state index in [1.54, 1.807) is 11.3 Å². The summed E-state index contributed by atoms with van der Waals surface area (Å²) in [4.78, 5) is 1.44. The summed E-state index contributed by atoms with van der Waals surface area (Å²) in [7, 11) is 0. The number of piperidine rings is 1. The van der Waals surface area contributed by atoms with E-state index in [0.717, 1.165) is 36.9 Å². The molecule has 1 unspecified atom stereocenters. The van der Waals surface area contributed by atoms with Gasteiger partial charge in [-0.1, -0.05) is 18.5 Å². The predicted molar refractivity (Wildman–Crippen MR) is 67.5 cm³/mol. The zero-order valence-corrected chi connectivity index (χ0v) is 11.0. The third-order valence-corrected chi connectivity index (χ3v) is 5.19. The molecule has 1 saturated heterocycles. The first-order valence-electron chi connectivity index (χ1n) is 5.86. The molecule has 2 nitrogen and oxygen atoms in total. The molecule has 0 radical (unpaired) electrons. The van der Waals surface area contributed by atoms with Crippen LogP contribution in [0.25, 0.3) is 0 Å². The number of thiophene rings is 1. The molecule has 1 spiro atoms. The lowest BCUT2D eigenvalue weighted by molar-refractivity contribution is -0.0862. The van der Waals surface area contributed by atoms with Crippen molar-refractivity contribution in [2.45, 2.75) is 31.3 Å². The zero-order chi connectivity index (χ0) is 11.2. The first-order valence-corrected chi connectivity index (χ1v) is 7.05. The predicted octanol–water partition coefficient (Wildman–Crippen LogP) is 3.11. The van der Waals surface area contributed by atoms with Crippen LogP contribution in [0.3, 0.4) is 0 Å². The van der Waals surface area contributed by atoms with Gasteiger partial charge in [-0.3, -0.25) is 0 Å². The standard InChI is InChI=1S/C12H16ClNOS/c1-8-7-15-12(2-4-14-5-3-12)9-6-10(13)16-11(8)9/h6,8,14H,2-5,7H2,1H3. The van der Waals surface area contributed by atoms with Crippen molar-refractivity contribution in [3.63, 3.8) is 0 Å². The number of nitrogens with one attached hydrogen (secondary N) is 1. The molecule has 4 heteroatoms. The van der Waals surface area contributed by atoms with E-state index in [1.807, 2.05) is 0 Å². The fourth-order valence-electron chi connectivity index (χ4n) is 2.78. The van der Waals surface area contributed by atoms with Crippen molar-refractivity contribution < 1.29 is 4.74 Å². The van der Waals surface area contributed by atoms with Gasteiger partial charge in [-0.15, -0.1) is 11.3 Å². The Labute approximate surface area is 105 Å². The second-order valence-electron chi connectivity index (χ2n) is 4.78. The second-order valence-corrected chi connectivity index (χ2v) is 6.50. The number of halogens is 1. The van der Waals surface area contributed by atoms with Crippen LogP contribution >= 0.6 is 22.9 Å². The van der Waals surface area contributed by atoms with E-state index in [9.17, 15) is 0 Å². The van der Waals surface area contributed by atoms with Gasteiger partial charge < -0.3 is 10.1 Å². The van der Waals surface area contributed by atoms with E-state index < -0.39 is 0 Å². The average molecular weight is 258 g/mol. The summed E-state index contributed by atoms with van der Waals surface area (Å²) in [6.07, 6.45) is 2.14. The SMILES string of the molecule is CC1COC2(CCNCC2)c2cc(Cl)sc21. The molecule has 2 aliphatic heterocycles. The molecule has 2 aliphatic rings. The molecular formula is C12H16ClNOS. The number of hydrogen-bond acceptors (Lipinski definition) is 3. The Balaban J connectivity index is 2.05. The number of fused-ring (bicyclic) bond motifs is 2. The maximum absolute atomic E-state index is 6.17.